The third-order valence-electron chi connectivity index (χ3n) is 6.19. The Bertz CT molecular complexity index is 1160. The number of carbonyl (C=O) groups is 1. The first-order chi connectivity index (χ1) is 16.3. The summed E-state index contributed by atoms with van der Waals surface area (Å²) in [5.74, 6) is -2.94. The van der Waals surface area contributed by atoms with Gasteiger partial charge >= 0.3 is 0 Å². The maximum atomic E-state index is 13.6. The molecule has 1 aliphatic heterocycles. The zero-order valence-electron chi connectivity index (χ0n) is 20.6. The van der Waals surface area contributed by atoms with Crippen LogP contribution in [0.4, 0.5) is 8.78 Å². The van der Waals surface area contributed by atoms with Crippen molar-refractivity contribution >= 4 is 15.7 Å². The van der Waals surface area contributed by atoms with Gasteiger partial charge in [0, 0.05) is 25.7 Å². The molecule has 0 spiro atoms. The third kappa shape index (κ3) is 7.08. The Morgan fingerprint density at radius 2 is 1.77 bits per heavy atom. The summed E-state index contributed by atoms with van der Waals surface area (Å²) in [7, 11) is -1.96. The van der Waals surface area contributed by atoms with Gasteiger partial charge in [0.1, 0.15) is 11.6 Å². The second kappa shape index (κ2) is 10.7. The van der Waals surface area contributed by atoms with Crippen molar-refractivity contribution in [2.45, 2.75) is 57.1 Å². The first-order valence-corrected chi connectivity index (χ1v) is 13.4. The van der Waals surface area contributed by atoms with E-state index in [1.54, 1.807) is 6.07 Å². The number of rotatable bonds is 8. The zero-order chi connectivity index (χ0) is 26.0. The minimum absolute atomic E-state index is 0.00351. The molecule has 2 aromatic carbocycles. The fourth-order valence-electron chi connectivity index (χ4n) is 4.60. The van der Waals surface area contributed by atoms with E-state index in [9.17, 15) is 27.1 Å². The molecular weight excluding hydrogens is 474 g/mol. The molecule has 0 fully saturated rings. The summed E-state index contributed by atoms with van der Waals surface area (Å²) in [6, 6.07) is 8.11. The molecule has 1 heterocycles. The van der Waals surface area contributed by atoms with Gasteiger partial charge in [0.2, 0.25) is 5.91 Å². The molecule has 2 aromatic rings. The highest BCUT2D eigenvalue weighted by Gasteiger charge is 2.33. The van der Waals surface area contributed by atoms with Crippen molar-refractivity contribution in [2.75, 3.05) is 19.3 Å². The van der Waals surface area contributed by atoms with Crippen LogP contribution in [-0.4, -0.2) is 44.9 Å². The molecule has 0 saturated carbocycles. The number of fused-ring (bicyclic) bond motifs is 1. The largest absolute Gasteiger partial charge is 0.391 e. The smallest absolute Gasteiger partial charge is 0.225 e. The number of sulfone groups is 1. The topological polar surface area (TPSA) is 95.5 Å². The predicted molar refractivity (Wildman–Crippen MR) is 131 cm³/mol. The quantitative estimate of drug-likeness (QED) is 0.509. The molecule has 0 saturated heterocycles. The van der Waals surface area contributed by atoms with E-state index in [1.807, 2.05) is 12.1 Å². The summed E-state index contributed by atoms with van der Waals surface area (Å²) in [6.45, 7) is 6.33. The highest BCUT2D eigenvalue weighted by Crippen LogP contribution is 2.34. The van der Waals surface area contributed by atoms with Crippen molar-refractivity contribution in [3.8, 4) is 0 Å². The molecule has 192 valence electrons. The molecule has 3 atom stereocenters. The van der Waals surface area contributed by atoms with Gasteiger partial charge in [0.15, 0.2) is 9.84 Å². The Balaban J connectivity index is 1.80. The van der Waals surface area contributed by atoms with Gasteiger partial charge in [-0.25, -0.2) is 17.2 Å². The van der Waals surface area contributed by atoms with Crippen LogP contribution in [-0.2, 0) is 27.5 Å². The third-order valence-corrected chi connectivity index (χ3v) is 8.01. The number of carbonyl (C=O) groups excluding carboxylic acids is 1. The van der Waals surface area contributed by atoms with Gasteiger partial charge in [-0.3, -0.25) is 4.79 Å². The maximum absolute atomic E-state index is 13.6. The van der Waals surface area contributed by atoms with Crippen LogP contribution in [0.1, 0.15) is 49.9 Å². The predicted octanol–water partition coefficient (Wildman–Crippen LogP) is 3.33. The highest BCUT2D eigenvalue weighted by atomic mass is 32.2. The summed E-state index contributed by atoms with van der Waals surface area (Å²) < 4.78 is 52.6. The molecule has 3 rings (SSSR count). The SMILES string of the molecule is CNC(=O)C(Cc1cc(F)cc(F)c1)C(O)CNC1CCS(=O)(=O)c2ccc(CC(C)(C)C)cc21. The van der Waals surface area contributed by atoms with Crippen molar-refractivity contribution in [3.05, 3.63) is 64.7 Å². The van der Waals surface area contributed by atoms with Gasteiger partial charge in [-0.2, -0.15) is 0 Å². The van der Waals surface area contributed by atoms with Crippen molar-refractivity contribution < 1.29 is 27.1 Å². The molecule has 9 heteroatoms. The molecule has 0 aromatic heterocycles. The van der Waals surface area contributed by atoms with Gasteiger partial charge in [-0.15, -0.1) is 0 Å². The average molecular weight is 509 g/mol. The van der Waals surface area contributed by atoms with Crippen molar-refractivity contribution in [2.24, 2.45) is 11.3 Å². The van der Waals surface area contributed by atoms with E-state index >= 15 is 0 Å². The van der Waals surface area contributed by atoms with Gasteiger partial charge < -0.3 is 15.7 Å². The lowest BCUT2D eigenvalue weighted by Gasteiger charge is -2.30. The highest BCUT2D eigenvalue weighted by molar-refractivity contribution is 7.91. The van der Waals surface area contributed by atoms with Crippen molar-refractivity contribution in [1.82, 2.24) is 10.6 Å². The summed E-state index contributed by atoms with van der Waals surface area (Å²) in [4.78, 5) is 12.8. The van der Waals surface area contributed by atoms with Crippen LogP contribution in [0.5, 0.6) is 0 Å². The van der Waals surface area contributed by atoms with E-state index in [-0.39, 0.29) is 40.6 Å². The molecule has 6 nitrogen and oxygen atoms in total. The normalized spacial score (nSPS) is 19.0. The molecule has 35 heavy (non-hydrogen) atoms. The molecule has 0 radical (unpaired) electrons. The Kier molecular flexibility index (Phi) is 8.34. The molecule has 0 aliphatic carbocycles. The molecule has 3 unspecified atom stereocenters. The van der Waals surface area contributed by atoms with E-state index in [0.29, 0.717) is 12.0 Å². The number of aliphatic hydroxyl groups is 1. The minimum Gasteiger partial charge on any atom is -0.391 e. The number of hydrogen-bond donors (Lipinski definition) is 3. The lowest BCUT2D eigenvalue weighted by atomic mass is 9.87. The minimum atomic E-state index is -3.39. The number of halogens is 2. The fourth-order valence-corrected chi connectivity index (χ4v) is 6.20. The van der Waals surface area contributed by atoms with E-state index in [1.165, 1.54) is 7.05 Å². The zero-order valence-corrected chi connectivity index (χ0v) is 21.4. The van der Waals surface area contributed by atoms with Crippen LogP contribution in [0.2, 0.25) is 0 Å². The van der Waals surface area contributed by atoms with Gasteiger partial charge in [-0.05, 0) is 59.6 Å². The van der Waals surface area contributed by atoms with Crippen LogP contribution in [0.15, 0.2) is 41.3 Å². The van der Waals surface area contributed by atoms with E-state index in [4.69, 9.17) is 0 Å². The lowest BCUT2D eigenvalue weighted by Crippen LogP contribution is -2.43. The summed E-state index contributed by atoms with van der Waals surface area (Å²) >= 11 is 0. The molecule has 0 bridgehead atoms. The second-order valence-electron chi connectivity index (χ2n) is 10.4. The van der Waals surface area contributed by atoms with E-state index in [2.05, 4.69) is 31.4 Å². The van der Waals surface area contributed by atoms with Crippen LogP contribution in [0.3, 0.4) is 0 Å². The van der Waals surface area contributed by atoms with Crippen LogP contribution in [0, 0.1) is 23.0 Å². The lowest BCUT2D eigenvalue weighted by molar-refractivity contribution is -0.128. The second-order valence-corrected chi connectivity index (χ2v) is 12.5. The number of nitrogens with one attached hydrogen (secondary N) is 2. The first kappa shape index (κ1) is 27.2. The van der Waals surface area contributed by atoms with Gasteiger partial charge in [-0.1, -0.05) is 32.9 Å². The maximum Gasteiger partial charge on any atom is 0.225 e. The summed E-state index contributed by atoms with van der Waals surface area (Å²) in [5, 5.41) is 16.6. The van der Waals surface area contributed by atoms with E-state index < -0.39 is 39.4 Å². The first-order valence-electron chi connectivity index (χ1n) is 11.7. The van der Waals surface area contributed by atoms with Crippen LogP contribution < -0.4 is 10.6 Å². The van der Waals surface area contributed by atoms with Crippen molar-refractivity contribution in [1.29, 1.82) is 0 Å². The number of hydrogen-bond acceptors (Lipinski definition) is 5. The van der Waals surface area contributed by atoms with E-state index in [0.717, 1.165) is 30.2 Å². The van der Waals surface area contributed by atoms with Crippen LogP contribution in [0.25, 0.3) is 0 Å². The summed E-state index contributed by atoms with van der Waals surface area (Å²) in [5.41, 5.74) is 1.97. The summed E-state index contributed by atoms with van der Waals surface area (Å²) in [6.07, 6.45) is -0.108. The Morgan fingerprint density at radius 3 is 2.37 bits per heavy atom. The standard InChI is InChI=1S/C26H34F2N2O4S/c1-26(2,3)14-16-5-6-24-20(11-16)22(7-8-35(24,33)34)30-15-23(31)21(25(32)29-4)12-17-9-18(27)13-19(28)10-17/h5-6,9-11,13,21-23,30-31H,7-8,12,14-15H2,1-4H3,(H,29,32). The van der Waals surface area contributed by atoms with Gasteiger partial charge in [0.05, 0.1) is 22.7 Å². The average Bonchev–Trinajstić information content (AvgIpc) is 2.74. The number of aliphatic hydroxyl groups excluding tert-OH is 1. The van der Waals surface area contributed by atoms with Gasteiger partial charge in [0.25, 0.3) is 0 Å². The van der Waals surface area contributed by atoms with Crippen LogP contribution >= 0.6 is 0 Å². The molecule has 1 amide bonds. The van der Waals surface area contributed by atoms with Crippen molar-refractivity contribution in [3.63, 3.8) is 0 Å². The number of benzene rings is 2. The molecule has 1 aliphatic rings. The molecule has 3 N–H and O–H groups in total. The Labute approximate surface area is 206 Å². The Morgan fingerprint density at radius 1 is 1.11 bits per heavy atom. The Hall–Kier alpha value is -2.36. The fraction of sp³-hybridized carbons (Fsp3) is 0.500. The number of amides is 1. The monoisotopic (exact) mass is 508 g/mol. The molecular formula is C26H34F2N2O4S.